The van der Waals surface area contributed by atoms with Crippen LogP contribution in [0.5, 0.6) is 0 Å². The van der Waals surface area contributed by atoms with Crippen LogP contribution in [-0.4, -0.2) is 11.9 Å². The van der Waals surface area contributed by atoms with E-state index in [0.29, 0.717) is 16.8 Å². The highest BCUT2D eigenvalue weighted by Gasteiger charge is 2.12. The summed E-state index contributed by atoms with van der Waals surface area (Å²) >= 11 is 0. The molecule has 0 aliphatic rings. The van der Waals surface area contributed by atoms with Gasteiger partial charge in [0.2, 0.25) is 0 Å². The zero-order valence-electron chi connectivity index (χ0n) is 13.8. The monoisotopic (exact) mass is 349 g/mol. The third-order valence-corrected chi connectivity index (χ3v) is 3.71. The van der Waals surface area contributed by atoms with Crippen LogP contribution in [0.1, 0.15) is 26.3 Å². The van der Waals surface area contributed by atoms with Crippen LogP contribution in [0, 0.1) is 5.82 Å². The largest absolute Gasteiger partial charge is 0.457 e. The highest BCUT2D eigenvalue weighted by Crippen LogP contribution is 2.12. The standard InChI is InChI=1S/C21H16FNO3/c22-19-9-5-4-8-18(19)21(25)26-14-15-10-12-16(13-11-15)20(24)23-17-6-2-1-3-7-17/h1-13H,14H2,(H,23,24). The van der Waals surface area contributed by atoms with Crippen molar-refractivity contribution < 1.29 is 18.7 Å². The second-order valence-electron chi connectivity index (χ2n) is 5.57. The Kier molecular flexibility index (Phi) is 5.39. The summed E-state index contributed by atoms with van der Waals surface area (Å²) in [6.07, 6.45) is 0. The molecule has 0 aromatic heterocycles. The van der Waals surface area contributed by atoms with E-state index in [1.165, 1.54) is 18.2 Å². The fourth-order valence-electron chi connectivity index (χ4n) is 2.33. The Hall–Kier alpha value is -3.47. The highest BCUT2D eigenvalue weighted by molar-refractivity contribution is 6.04. The summed E-state index contributed by atoms with van der Waals surface area (Å²) in [6, 6.07) is 21.5. The molecule has 0 radical (unpaired) electrons. The van der Waals surface area contributed by atoms with Crippen molar-refractivity contribution in [2.75, 3.05) is 5.32 Å². The van der Waals surface area contributed by atoms with Crippen LogP contribution in [0.2, 0.25) is 0 Å². The maximum absolute atomic E-state index is 13.5. The van der Waals surface area contributed by atoms with Crippen LogP contribution in [0.25, 0.3) is 0 Å². The summed E-state index contributed by atoms with van der Waals surface area (Å²) in [6.45, 7) is -0.00620. The fraction of sp³-hybridized carbons (Fsp3) is 0.0476. The first-order chi connectivity index (χ1) is 12.6. The first-order valence-corrected chi connectivity index (χ1v) is 8.00. The lowest BCUT2D eigenvalue weighted by molar-refractivity contribution is 0.0467. The number of amides is 1. The number of anilines is 1. The number of hydrogen-bond acceptors (Lipinski definition) is 3. The fourth-order valence-corrected chi connectivity index (χ4v) is 2.33. The zero-order valence-corrected chi connectivity index (χ0v) is 13.8. The molecule has 5 heteroatoms. The Bertz CT molecular complexity index is 908. The number of carbonyl (C=O) groups excluding carboxylic acids is 2. The highest BCUT2D eigenvalue weighted by atomic mass is 19.1. The lowest BCUT2D eigenvalue weighted by Gasteiger charge is -2.08. The molecule has 0 unspecified atom stereocenters. The number of esters is 1. The minimum atomic E-state index is -0.728. The number of halogens is 1. The summed E-state index contributed by atoms with van der Waals surface area (Å²) in [5, 5.41) is 2.79. The molecule has 0 bridgehead atoms. The molecule has 3 aromatic carbocycles. The van der Waals surface area contributed by atoms with E-state index < -0.39 is 11.8 Å². The molecule has 0 saturated carbocycles. The van der Waals surface area contributed by atoms with Gasteiger partial charge in [0, 0.05) is 11.3 Å². The molecule has 0 aliphatic carbocycles. The van der Waals surface area contributed by atoms with Crippen LogP contribution in [0.4, 0.5) is 10.1 Å². The van der Waals surface area contributed by atoms with Crippen molar-refractivity contribution in [3.63, 3.8) is 0 Å². The van der Waals surface area contributed by atoms with Gasteiger partial charge in [0.05, 0.1) is 5.56 Å². The van der Waals surface area contributed by atoms with Gasteiger partial charge in [-0.05, 0) is 42.0 Å². The number of benzene rings is 3. The van der Waals surface area contributed by atoms with E-state index in [-0.39, 0.29) is 18.1 Å². The first-order valence-electron chi connectivity index (χ1n) is 8.00. The minimum Gasteiger partial charge on any atom is -0.457 e. The molecule has 0 fully saturated rings. The summed E-state index contributed by atoms with van der Waals surface area (Å²) in [5.74, 6) is -1.58. The number of carbonyl (C=O) groups is 2. The zero-order chi connectivity index (χ0) is 18.4. The third kappa shape index (κ3) is 4.33. The molecular weight excluding hydrogens is 333 g/mol. The van der Waals surface area contributed by atoms with E-state index in [1.807, 2.05) is 18.2 Å². The number of rotatable bonds is 5. The maximum atomic E-state index is 13.5. The van der Waals surface area contributed by atoms with Crippen molar-refractivity contribution in [3.8, 4) is 0 Å². The number of para-hydroxylation sites is 1. The van der Waals surface area contributed by atoms with Gasteiger partial charge in [0.25, 0.3) is 5.91 Å². The van der Waals surface area contributed by atoms with Crippen LogP contribution in [-0.2, 0) is 11.3 Å². The van der Waals surface area contributed by atoms with Gasteiger partial charge in [0.1, 0.15) is 12.4 Å². The molecular formula is C21H16FNO3. The van der Waals surface area contributed by atoms with E-state index in [9.17, 15) is 14.0 Å². The Morgan fingerprint density at radius 2 is 1.50 bits per heavy atom. The smallest absolute Gasteiger partial charge is 0.341 e. The predicted molar refractivity (Wildman–Crippen MR) is 96.4 cm³/mol. The Morgan fingerprint density at radius 3 is 2.19 bits per heavy atom. The summed E-state index contributed by atoms with van der Waals surface area (Å²) in [4.78, 5) is 24.1. The lowest BCUT2D eigenvalue weighted by Crippen LogP contribution is -2.12. The number of nitrogens with one attached hydrogen (secondary N) is 1. The molecule has 130 valence electrons. The van der Waals surface area contributed by atoms with Crippen molar-refractivity contribution in [2.45, 2.75) is 6.61 Å². The Balaban J connectivity index is 1.58. The molecule has 26 heavy (non-hydrogen) atoms. The van der Waals surface area contributed by atoms with E-state index in [2.05, 4.69) is 5.32 Å². The number of hydrogen-bond donors (Lipinski definition) is 1. The third-order valence-electron chi connectivity index (χ3n) is 3.71. The molecule has 0 atom stereocenters. The molecule has 0 spiro atoms. The SMILES string of the molecule is O=C(Nc1ccccc1)c1ccc(COC(=O)c2ccccc2F)cc1. The minimum absolute atomic E-state index is 0.00620. The summed E-state index contributed by atoms with van der Waals surface area (Å²) < 4.78 is 18.7. The van der Waals surface area contributed by atoms with Crippen LogP contribution < -0.4 is 5.32 Å². The second kappa shape index (κ2) is 8.07. The van der Waals surface area contributed by atoms with Gasteiger partial charge in [-0.3, -0.25) is 4.79 Å². The normalized spacial score (nSPS) is 10.2. The molecule has 0 saturated heterocycles. The van der Waals surface area contributed by atoms with Gasteiger partial charge in [-0.25, -0.2) is 9.18 Å². The maximum Gasteiger partial charge on any atom is 0.341 e. The molecule has 0 heterocycles. The second-order valence-corrected chi connectivity index (χ2v) is 5.57. The molecule has 1 amide bonds. The molecule has 0 aliphatic heterocycles. The lowest BCUT2D eigenvalue weighted by atomic mass is 10.1. The first kappa shape index (κ1) is 17.4. The van der Waals surface area contributed by atoms with Gasteiger partial charge >= 0.3 is 5.97 Å². The average Bonchev–Trinajstić information content (AvgIpc) is 2.67. The van der Waals surface area contributed by atoms with Gasteiger partial charge in [-0.1, -0.05) is 42.5 Å². The van der Waals surface area contributed by atoms with Gasteiger partial charge < -0.3 is 10.1 Å². The summed E-state index contributed by atoms with van der Waals surface area (Å²) in [7, 11) is 0. The van der Waals surface area contributed by atoms with Crippen molar-refractivity contribution in [3.05, 3.63) is 101 Å². The molecule has 4 nitrogen and oxygen atoms in total. The van der Waals surface area contributed by atoms with Gasteiger partial charge in [0.15, 0.2) is 0 Å². The molecule has 3 rings (SSSR count). The van der Waals surface area contributed by atoms with Crippen LogP contribution in [0.3, 0.4) is 0 Å². The van der Waals surface area contributed by atoms with Crippen LogP contribution in [0.15, 0.2) is 78.9 Å². The van der Waals surface area contributed by atoms with E-state index in [4.69, 9.17) is 4.74 Å². The van der Waals surface area contributed by atoms with Crippen molar-refractivity contribution in [1.29, 1.82) is 0 Å². The van der Waals surface area contributed by atoms with Gasteiger partial charge in [-0.15, -0.1) is 0 Å². The topological polar surface area (TPSA) is 55.4 Å². The number of ether oxygens (including phenoxy) is 1. The Labute approximate surface area is 150 Å². The summed E-state index contributed by atoms with van der Waals surface area (Å²) in [5.41, 5.74) is 1.79. The van der Waals surface area contributed by atoms with Crippen molar-refractivity contribution in [2.24, 2.45) is 0 Å². The van der Waals surface area contributed by atoms with E-state index >= 15 is 0 Å². The van der Waals surface area contributed by atoms with Gasteiger partial charge in [-0.2, -0.15) is 0 Å². The van der Waals surface area contributed by atoms with E-state index in [1.54, 1.807) is 42.5 Å². The molecule has 1 N–H and O–H groups in total. The quantitative estimate of drug-likeness (QED) is 0.693. The molecule has 3 aromatic rings. The average molecular weight is 349 g/mol. The Morgan fingerprint density at radius 1 is 0.846 bits per heavy atom. The van der Waals surface area contributed by atoms with Crippen molar-refractivity contribution in [1.82, 2.24) is 0 Å². The van der Waals surface area contributed by atoms with Crippen LogP contribution >= 0.6 is 0 Å². The predicted octanol–water partition coefficient (Wildman–Crippen LogP) is 4.44. The van der Waals surface area contributed by atoms with E-state index in [0.717, 1.165) is 0 Å². The van der Waals surface area contributed by atoms with Crippen molar-refractivity contribution >= 4 is 17.6 Å².